The first-order valence-electron chi connectivity index (χ1n) is 8.33. The standard InChI is InChI=1S/C20H18F2N2O5/c1-12(19(25)16-9-8-14(21)10-17(16)22)23-29-11-13-6-4-5-7-15(13)18(24-28-3)20(26)27-2/h4-10H,11H2,1-3H3/b23-12+,24-18+. The second-order valence-corrected chi connectivity index (χ2v) is 5.67. The average molecular weight is 404 g/mol. The third kappa shape index (κ3) is 5.44. The van der Waals surface area contributed by atoms with Crippen LogP contribution >= 0.6 is 0 Å². The minimum Gasteiger partial charge on any atom is -0.464 e. The van der Waals surface area contributed by atoms with Crippen molar-refractivity contribution in [3.8, 4) is 0 Å². The third-order valence-electron chi connectivity index (χ3n) is 3.76. The Morgan fingerprint density at radius 3 is 2.38 bits per heavy atom. The number of carbonyl (C=O) groups is 2. The molecule has 0 fully saturated rings. The normalized spacial score (nSPS) is 11.8. The fourth-order valence-corrected chi connectivity index (χ4v) is 2.37. The Kier molecular flexibility index (Phi) is 7.53. The number of hydrogen-bond donors (Lipinski definition) is 0. The highest BCUT2D eigenvalue weighted by Crippen LogP contribution is 2.14. The van der Waals surface area contributed by atoms with Crippen molar-refractivity contribution < 1.29 is 32.8 Å². The molecule has 0 N–H and O–H groups in total. The Hall–Kier alpha value is -3.62. The van der Waals surface area contributed by atoms with Crippen LogP contribution in [0.4, 0.5) is 8.78 Å². The molecule has 0 aliphatic carbocycles. The lowest BCUT2D eigenvalue weighted by atomic mass is 10.0. The van der Waals surface area contributed by atoms with Gasteiger partial charge in [-0.1, -0.05) is 34.6 Å². The minimum absolute atomic E-state index is 0.0700. The van der Waals surface area contributed by atoms with Gasteiger partial charge in [-0.2, -0.15) is 0 Å². The van der Waals surface area contributed by atoms with E-state index in [9.17, 15) is 18.4 Å². The number of esters is 1. The van der Waals surface area contributed by atoms with Crippen LogP contribution in [-0.2, 0) is 25.8 Å². The highest BCUT2D eigenvalue weighted by molar-refractivity contribution is 6.45. The highest BCUT2D eigenvalue weighted by atomic mass is 19.1. The van der Waals surface area contributed by atoms with Crippen LogP contribution in [0.3, 0.4) is 0 Å². The number of ether oxygens (including phenoxy) is 1. The lowest BCUT2D eigenvalue weighted by Gasteiger charge is -2.09. The lowest BCUT2D eigenvalue weighted by molar-refractivity contribution is -0.132. The van der Waals surface area contributed by atoms with Gasteiger partial charge < -0.3 is 14.4 Å². The van der Waals surface area contributed by atoms with E-state index in [0.29, 0.717) is 17.2 Å². The Labute approximate surface area is 165 Å². The van der Waals surface area contributed by atoms with Gasteiger partial charge in [0.05, 0.1) is 12.7 Å². The molecule has 2 aromatic carbocycles. The largest absolute Gasteiger partial charge is 0.464 e. The molecular weight excluding hydrogens is 386 g/mol. The zero-order chi connectivity index (χ0) is 21.4. The Morgan fingerprint density at radius 2 is 1.72 bits per heavy atom. The molecule has 0 spiro atoms. The predicted molar refractivity (Wildman–Crippen MR) is 101 cm³/mol. The summed E-state index contributed by atoms with van der Waals surface area (Å²) in [5.74, 6) is -3.23. The van der Waals surface area contributed by atoms with Crippen LogP contribution in [0.2, 0.25) is 0 Å². The van der Waals surface area contributed by atoms with Gasteiger partial charge in [-0.15, -0.1) is 0 Å². The van der Waals surface area contributed by atoms with Gasteiger partial charge in [0.15, 0.2) is 5.71 Å². The summed E-state index contributed by atoms with van der Waals surface area (Å²) in [5, 5.41) is 7.37. The summed E-state index contributed by atoms with van der Waals surface area (Å²) in [5.41, 5.74) is 0.388. The van der Waals surface area contributed by atoms with Crippen molar-refractivity contribution in [3.63, 3.8) is 0 Å². The zero-order valence-corrected chi connectivity index (χ0v) is 15.9. The van der Waals surface area contributed by atoms with Crippen molar-refractivity contribution >= 4 is 23.2 Å². The minimum atomic E-state index is -0.992. The predicted octanol–water partition coefficient (Wildman–Crippen LogP) is 3.26. The van der Waals surface area contributed by atoms with E-state index >= 15 is 0 Å². The molecule has 0 saturated heterocycles. The molecule has 9 heteroatoms. The van der Waals surface area contributed by atoms with Crippen LogP contribution < -0.4 is 0 Å². The molecule has 7 nitrogen and oxygen atoms in total. The number of rotatable bonds is 8. The first-order chi connectivity index (χ1) is 13.9. The summed E-state index contributed by atoms with van der Waals surface area (Å²) in [6, 6.07) is 9.29. The van der Waals surface area contributed by atoms with Crippen LogP contribution in [0.1, 0.15) is 28.4 Å². The van der Waals surface area contributed by atoms with Crippen molar-refractivity contribution in [1.82, 2.24) is 0 Å². The van der Waals surface area contributed by atoms with Crippen molar-refractivity contribution in [2.75, 3.05) is 14.2 Å². The molecule has 0 unspecified atom stereocenters. The summed E-state index contributed by atoms with van der Waals surface area (Å²) in [7, 11) is 2.50. The number of methoxy groups -OCH3 is 1. The Balaban J connectivity index is 2.19. The van der Waals surface area contributed by atoms with Gasteiger partial charge in [0.25, 0.3) is 0 Å². The molecule has 0 aromatic heterocycles. The molecule has 0 heterocycles. The molecule has 152 valence electrons. The SMILES string of the molecule is CO/N=C(/C(=O)OC)c1ccccc1CO/N=C(\C)C(=O)c1ccc(F)cc1F. The highest BCUT2D eigenvalue weighted by Gasteiger charge is 2.20. The molecule has 0 aliphatic rings. The molecule has 2 aromatic rings. The smallest absolute Gasteiger partial charge is 0.360 e. The van der Waals surface area contributed by atoms with Crippen molar-refractivity contribution in [1.29, 1.82) is 0 Å². The van der Waals surface area contributed by atoms with E-state index in [2.05, 4.69) is 10.3 Å². The summed E-state index contributed by atoms with van der Waals surface area (Å²) in [4.78, 5) is 34.1. The van der Waals surface area contributed by atoms with Gasteiger partial charge in [-0.25, -0.2) is 13.6 Å². The number of oxime groups is 2. The van der Waals surface area contributed by atoms with Crippen LogP contribution in [0.25, 0.3) is 0 Å². The number of hydrogen-bond acceptors (Lipinski definition) is 7. The molecule has 0 saturated carbocycles. The van der Waals surface area contributed by atoms with Gasteiger partial charge >= 0.3 is 5.97 Å². The second kappa shape index (κ2) is 10.1. The van der Waals surface area contributed by atoms with E-state index < -0.39 is 23.4 Å². The van der Waals surface area contributed by atoms with Crippen LogP contribution in [0.5, 0.6) is 0 Å². The third-order valence-corrected chi connectivity index (χ3v) is 3.76. The molecule has 0 amide bonds. The molecule has 0 atom stereocenters. The van der Waals surface area contributed by atoms with Gasteiger partial charge in [-0.05, 0) is 19.1 Å². The summed E-state index contributed by atoms with van der Waals surface area (Å²) in [6.07, 6.45) is 0. The van der Waals surface area contributed by atoms with E-state index in [4.69, 9.17) is 14.4 Å². The maximum atomic E-state index is 13.7. The average Bonchev–Trinajstić information content (AvgIpc) is 2.71. The topological polar surface area (TPSA) is 86.6 Å². The van der Waals surface area contributed by atoms with E-state index in [1.165, 1.54) is 21.1 Å². The summed E-state index contributed by atoms with van der Waals surface area (Å²) >= 11 is 0. The molecule has 2 rings (SSSR count). The van der Waals surface area contributed by atoms with Gasteiger partial charge in [0.1, 0.15) is 31.1 Å². The molecule has 0 aliphatic heterocycles. The van der Waals surface area contributed by atoms with Crippen LogP contribution in [0.15, 0.2) is 52.8 Å². The zero-order valence-electron chi connectivity index (χ0n) is 15.9. The number of carbonyl (C=O) groups excluding carboxylic acids is 2. The van der Waals surface area contributed by atoms with Gasteiger partial charge in [0, 0.05) is 17.2 Å². The summed E-state index contributed by atoms with van der Waals surface area (Å²) in [6.45, 7) is 1.22. The molecular formula is C20H18F2N2O5. The maximum Gasteiger partial charge on any atom is 0.360 e. The number of nitrogens with zero attached hydrogens (tertiary/aromatic N) is 2. The van der Waals surface area contributed by atoms with Gasteiger partial charge in [0.2, 0.25) is 5.78 Å². The van der Waals surface area contributed by atoms with Gasteiger partial charge in [-0.3, -0.25) is 4.79 Å². The number of benzene rings is 2. The number of halogens is 2. The van der Waals surface area contributed by atoms with Crippen molar-refractivity contribution in [2.45, 2.75) is 13.5 Å². The summed E-state index contributed by atoms with van der Waals surface area (Å²) < 4.78 is 31.4. The number of Topliss-reactive ketones (excluding diaryl/α,β-unsaturated/α-hetero) is 1. The Morgan fingerprint density at radius 1 is 1.00 bits per heavy atom. The Bertz CT molecular complexity index is 973. The van der Waals surface area contributed by atoms with E-state index in [0.717, 1.165) is 12.1 Å². The van der Waals surface area contributed by atoms with E-state index in [1.54, 1.807) is 24.3 Å². The van der Waals surface area contributed by atoms with E-state index in [-0.39, 0.29) is 23.6 Å². The fraction of sp³-hybridized carbons (Fsp3) is 0.200. The van der Waals surface area contributed by atoms with Crippen LogP contribution in [0, 0.1) is 11.6 Å². The lowest BCUT2D eigenvalue weighted by Crippen LogP contribution is -2.19. The fourth-order valence-electron chi connectivity index (χ4n) is 2.37. The first kappa shape index (κ1) is 21.7. The van der Waals surface area contributed by atoms with E-state index in [1.807, 2.05) is 0 Å². The second-order valence-electron chi connectivity index (χ2n) is 5.67. The van der Waals surface area contributed by atoms with Crippen LogP contribution in [-0.4, -0.2) is 37.4 Å². The molecule has 0 radical (unpaired) electrons. The quantitative estimate of drug-likeness (QED) is 0.292. The molecule has 0 bridgehead atoms. The monoisotopic (exact) mass is 404 g/mol. The number of ketones is 1. The first-order valence-corrected chi connectivity index (χ1v) is 8.33. The maximum absolute atomic E-state index is 13.7. The molecule has 29 heavy (non-hydrogen) atoms. The van der Waals surface area contributed by atoms with Crippen molar-refractivity contribution in [2.24, 2.45) is 10.3 Å². The van der Waals surface area contributed by atoms with Crippen molar-refractivity contribution in [3.05, 3.63) is 70.8 Å².